The first kappa shape index (κ1) is 22.3. The summed E-state index contributed by atoms with van der Waals surface area (Å²) in [5, 5.41) is 2.96. The van der Waals surface area contributed by atoms with Crippen LogP contribution in [0.4, 0.5) is 0 Å². The Bertz CT molecular complexity index is 804. The fraction of sp³-hybridized carbons (Fsp3) is 0.391. The maximum absolute atomic E-state index is 12.3. The maximum Gasteiger partial charge on any atom is 0.310 e. The van der Waals surface area contributed by atoms with Crippen molar-refractivity contribution in [1.82, 2.24) is 5.32 Å². The first-order valence-corrected chi connectivity index (χ1v) is 9.63. The fourth-order valence-electron chi connectivity index (χ4n) is 3.03. The number of nitrogens with one attached hydrogen (secondary N) is 1. The molecule has 1 unspecified atom stereocenters. The molecule has 0 aliphatic rings. The highest BCUT2D eigenvalue weighted by atomic mass is 16.5. The van der Waals surface area contributed by atoms with Gasteiger partial charge in [0.2, 0.25) is 0 Å². The first-order chi connectivity index (χ1) is 13.9. The van der Waals surface area contributed by atoms with Crippen molar-refractivity contribution < 1.29 is 23.8 Å². The molecule has 0 bridgehead atoms. The number of hydrogen-bond donors (Lipinski definition) is 1. The van der Waals surface area contributed by atoms with Crippen LogP contribution in [0.25, 0.3) is 0 Å². The molecule has 2 rings (SSSR count). The molecular formula is C23H29NO5. The smallest absolute Gasteiger partial charge is 0.310 e. The zero-order valence-electron chi connectivity index (χ0n) is 17.4. The van der Waals surface area contributed by atoms with Crippen molar-refractivity contribution in [2.75, 3.05) is 20.8 Å². The topological polar surface area (TPSA) is 73.9 Å². The number of benzene rings is 2. The highest BCUT2D eigenvalue weighted by molar-refractivity contribution is 5.81. The van der Waals surface area contributed by atoms with E-state index in [4.69, 9.17) is 14.2 Å². The Hall–Kier alpha value is -3.02. The van der Waals surface area contributed by atoms with Gasteiger partial charge in [0.1, 0.15) is 0 Å². The number of amides is 1. The van der Waals surface area contributed by atoms with E-state index < -0.39 is 5.97 Å². The number of esters is 1. The maximum atomic E-state index is 12.3. The van der Waals surface area contributed by atoms with Gasteiger partial charge in [-0.05, 0) is 35.6 Å². The Morgan fingerprint density at radius 3 is 2.28 bits per heavy atom. The van der Waals surface area contributed by atoms with Crippen LogP contribution in [-0.4, -0.2) is 32.7 Å². The highest BCUT2D eigenvalue weighted by Crippen LogP contribution is 2.27. The minimum Gasteiger partial charge on any atom is -0.493 e. The number of hydrogen-bond acceptors (Lipinski definition) is 5. The van der Waals surface area contributed by atoms with Gasteiger partial charge in [-0.3, -0.25) is 9.59 Å². The summed E-state index contributed by atoms with van der Waals surface area (Å²) in [6, 6.07) is 14.9. The van der Waals surface area contributed by atoms with E-state index in [9.17, 15) is 9.59 Å². The monoisotopic (exact) mass is 399 g/mol. The molecule has 156 valence electrons. The van der Waals surface area contributed by atoms with E-state index in [1.165, 1.54) is 7.11 Å². The van der Waals surface area contributed by atoms with Crippen LogP contribution in [-0.2, 0) is 20.7 Å². The van der Waals surface area contributed by atoms with Crippen molar-refractivity contribution in [2.24, 2.45) is 5.92 Å². The van der Waals surface area contributed by atoms with Crippen molar-refractivity contribution in [3.05, 3.63) is 59.7 Å². The molecule has 0 spiro atoms. The second-order valence-electron chi connectivity index (χ2n) is 7.19. The van der Waals surface area contributed by atoms with Gasteiger partial charge in [0.05, 0.1) is 26.7 Å². The van der Waals surface area contributed by atoms with Gasteiger partial charge in [0.25, 0.3) is 5.91 Å². The third kappa shape index (κ3) is 7.14. The van der Waals surface area contributed by atoms with Crippen LogP contribution in [0.1, 0.15) is 37.4 Å². The van der Waals surface area contributed by atoms with Gasteiger partial charge in [0.15, 0.2) is 18.1 Å². The van der Waals surface area contributed by atoms with Gasteiger partial charge in [-0.15, -0.1) is 0 Å². The third-order valence-electron chi connectivity index (χ3n) is 4.40. The number of carbonyl (C=O) groups is 2. The fourth-order valence-corrected chi connectivity index (χ4v) is 3.03. The van der Waals surface area contributed by atoms with Crippen molar-refractivity contribution in [3.8, 4) is 11.5 Å². The zero-order valence-corrected chi connectivity index (χ0v) is 17.4. The molecule has 0 saturated heterocycles. The van der Waals surface area contributed by atoms with E-state index in [2.05, 4.69) is 19.2 Å². The Labute approximate surface area is 172 Å². The lowest BCUT2D eigenvalue weighted by atomic mass is 9.97. The summed E-state index contributed by atoms with van der Waals surface area (Å²) in [5.74, 6) is 0.733. The number of methoxy groups -OCH3 is 2. The lowest BCUT2D eigenvalue weighted by Gasteiger charge is -2.21. The molecule has 1 N–H and O–H groups in total. The van der Waals surface area contributed by atoms with Gasteiger partial charge in [0, 0.05) is 0 Å². The number of rotatable bonds is 10. The number of ether oxygens (including phenoxy) is 3. The largest absolute Gasteiger partial charge is 0.493 e. The Morgan fingerprint density at radius 2 is 1.66 bits per heavy atom. The van der Waals surface area contributed by atoms with Gasteiger partial charge in [-0.2, -0.15) is 0 Å². The van der Waals surface area contributed by atoms with E-state index in [1.54, 1.807) is 25.3 Å². The standard InChI is InChI=1S/C23H29NO5/c1-16(2)12-19(18-8-6-5-7-9-18)24-22(25)15-29-23(26)14-17-10-11-20(27-3)21(13-17)28-4/h5-11,13,16,19H,12,14-15H2,1-4H3,(H,24,25). The molecule has 2 aromatic rings. The molecule has 29 heavy (non-hydrogen) atoms. The summed E-state index contributed by atoms with van der Waals surface area (Å²) in [6.45, 7) is 3.89. The van der Waals surface area contributed by atoms with Crippen molar-refractivity contribution in [3.63, 3.8) is 0 Å². The van der Waals surface area contributed by atoms with Crippen LogP contribution in [0.15, 0.2) is 48.5 Å². The van der Waals surface area contributed by atoms with Gasteiger partial charge < -0.3 is 19.5 Å². The quantitative estimate of drug-likeness (QED) is 0.617. The van der Waals surface area contributed by atoms with Crippen LogP contribution >= 0.6 is 0 Å². The molecule has 6 heteroatoms. The lowest BCUT2D eigenvalue weighted by molar-refractivity contribution is -0.148. The zero-order chi connectivity index (χ0) is 21.2. The molecule has 2 aromatic carbocycles. The molecule has 0 fully saturated rings. The summed E-state index contributed by atoms with van der Waals surface area (Å²) in [7, 11) is 3.08. The van der Waals surface area contributed by atoms with E-state index in [-0.39, 0.29) is 25.0 Å². The number of carbonyl (C=O) groups excluding carboxylic acids is 2. The third-order valence-corrected chi connectivity index (χ3v) is 4.40. The molecule has 0 radical (unpaired) electrons. The van der Waals surface area contributed by atoms with E-state index in [1.807, 2.05) is 30.3 Å². The van der Waals surface area contributed by atoms with E-state index in [0.29, 0.717) is 17.4 Å². The SMILES string of the molecule is COc1ccc(CC(=O)OCC(=O)NC(CC(C)C)c2ccccc2)cc1OC. The minimum absolute atomic E-state index is 0.0434. The summed E-state index contributed by atoms with van der Waals surface area (Å²) in [6.07, 6.45) is 0.844. The van der Waals surface area contributed by atoms with E-state index >= 15 is 0 Å². The molecule has 0 aliphatic carbocycles. The van der Waals surface area contributed by atoms with Gasteiger partial charge >= 0.3 is 5.97 Å². The van der Waals surface area contributed by atoms with Crippen molar-refractivity contribution in [2.45, 2.75) is 32.7 Å². The van der Waals surface area contributed by atoms with Crippen LogP contribution in [0.5, 0.6) is 11.5 Å². The van der Waals surface area contributed by atoms with Crippen molar-refractivity contribution in [1.29, 1.82) is 0 Å². The second kappa shape index (κ2) is 11.1. The lowest BCUT2D eigenvalue weighted by Crippen LogP contribution is -2.33. The minimum atomic E-state index is -0.479. The summed E-state index contributed by atoms with van der Waals surface area (Å²) in [5.41, 5.74) is 1.75. The average Bonchev–Trinajstić information content (AvgIpc) is 2.72. The predicted molar refractivity (Wildman–Crippen MR) is 111 cm³/mol. The average molecular weight is 399 g/mol. The molecule has 1 amide bonds. The van der Waals surface area contributed by atoms with Crippen LogP contribution in [0.3, 0.4) is 0 Å². The Kier molecular flexibility index (Phi) is 8.52. The van der Waals surface area contributed by atoms with Crippen LogP contribution in [0.2, 0.25) is 0 Å². The first-order valence-electron chi connectivity index (χ1n) is 9.63. The van der Waals surface area contributed by atoms with Gasteiger partial charge in [-0.1, -0.05) is 50.2 Å². The molecular weight excluding hydrogens is 370 g/mol. The molecule has 0 heterocycles. The van der Waals surface area contributed by atoms with E-state index in [0.717, 1.165) is 17.5 Å². The van der Waals surface area contributed by atoms with Crippen LogP contribution < -0.4 is 14.8 Å². The van der Waals surface area contributed by atoms with Crippen molar-refractivity contribution >= 4 is 11.9 Å². The summed E-state index contributed by atoms with van der Waals surface area (Å²) >= 11 is 0. The molecule has 0 aromatic heterocycles. The van der Waals surface area contributed by atoms with Crippen LogP contribution in [0, 0.1) is 5.92 Å². The summed E-state index contributed by atoms with van der Waals surface area (Å²) < 4.78 is 15.6. The second-order valence-corrected chi connectivity index (χ2v) is 7.19. The Balaban J connectivity index is 1.89. The molecule has 0 saturated carbocycles. The summed E-state index contributed by atoms with van der Waals surface area (Å²) in [4.78, 5) is 24.5. The Morgan fingerprint density at radius 1 is 0.966 bits per heavy atom. The normalized spacial score (nSPS) is 11.6. The highest BCUT2D eigenvalue weighted by Gasteiger charge is 2.17. The molecule has 1 atom stereocenters. The predicted octanol–water partition coefficient (Wildman–Crippen LogP) is 3.69. The molecule has 6 nitrogen and oxygen atoms in total. The molecule has 0 aliphatic heterocycles. The van der Waals surface area contributed by atoms with Gasteiger partial charge in [-0.25, -0.2) is 0 Å².